The van der Waals surface area contributed by atoms with Crippen LogP contribution in [-0.4, -0.2) is 24.6 Å². The summed E-state index contributed by atoms with van der Waals surface area (Å²) >= 11 is 0. The molecule has 0 atom stereocenters. The Labute approximate surface area is 142 Å². The summed E-state index contributed by atoms with van der Waals surface area (Å²) in [6.45, 7) is 4.63. The van der Waals surface area contributed by atoms with Crippen molar-refractivity contribution in [1.82, 2.24) is 4.98 Å². The van der Waals surface area contributed by atoms with E-state index in [1.165, 1.54) is 6.08 Å². The highest BCUT2D eigenvalue weighted by Crippen LogP contribution is 2.28. The first kappa shape index (κ1) is 17.5. The van der Waals surface area contributed by atoms with Gasteiger partial charge in [-0.15, -0.1) is 0 Å². The van der Waals surface area contributed by atoms with E-state index in [2.05, 4.69) is 10.3 Å². The molecular weight excluding hydrogens is 304 g/mol. The van der Waals surface area contributed by atoms with Crippen molar-refractivity contribution in [2.24, 2.45) is 0 Å². The fourth-order valence-corrected chi connectivity index (χ4v) is 2.00. The number of amides is 1. The van der Waals surface area contributed by atoms with Gasteiger partial charge in [0.1, 0.15) is 5.82 Å². The molecule has 1 amide bonds. The fraction of sp³-hybridized carbons (Fsp3) is 0.263. The molecule has 0 aliphatic heterocycles. The zero-order valence-electron chi connectivity index (χ0n) is 14.2. The number of hydrogen-bond acceptors (Lipinski definition) is 4. The molecule has 2 aromatic rings. The van der Waals surface area contributed by atoms with Crippen molar-refractivity contribution in [3.05, 3.63) is 53.7 Å². The molecule has 5 heteroatoms. The SMILES string of the molecule is CCCOc1ccc(/C=C/C(=O)Nc2ccc(C)cn2)cc1OC. The van der Waals surface area contributed by atoms with E-state index in [-0.39, 0.29) is 5.91 Å². The number of anilines is 1. The highest BCUT2D eigenvalue weighted by molar-refractivity contribution is 6.01. The summed E-state index contributed by atoms with van der Waals surface area (Å²) in [6, 6.07) is 9.21. The van der Waals surface area contributed by atoms with Crippen molar-refractivity contribution in [3.63, 3.8) is 0 Å². The molecule has 1 heterocycles. The van der Waals surface area contributed by atoms with E-state index in [1.807, 2.05) is 38.1 Å². The first-order valence-corrected chi connectivity index (χ1v) is 7.85. The summed E-state index contributed by atoms with van der Waals surface area (Å²) in [6.07, 6.45) is 5.82. The standard InChI is InChI=1S/C19H22N2O3/c1-4-11-24-16-8-6-15(12-17(16)23-3)7-10-19(22)21-18-9-5-14(2)13-20-18/h5-10,12-13H,4,11H2,1-3H3,(H,20,21,22)/b10-7+. The van der Waals surface area contributed by atoms with Crippen molar-refractivity contribution in [3.8, 4) is 11.5 Å². The molecule has 0 saturated carbocycles. The number of benzene rings is 1. The molecule has 0 unspecified atom stereocenters. The van der Waals surface area contributed by atoms with Crippen molar-refractivity contribution in [1.29, 1.82) is 0 Å². The largest absolute Gasteiger partial charge is 0.493 e. The zero-order chi connectivity index (χ0) is 17.4. The molecule has 126 valence electrons. The maximum Gasteiger partial charge on any atom is 0.249 e. The van der Waals surface area contributed by atoms with E-state index in [4.69, 9.17) is 9.47 Å². The lowest BCUT2D eigenvalue weighted by atomic mass is 10.2. The average molecular weight is 326 g/mol. The molecule has 0 bridgehead atoms. The third-order valence-electron chi connectivity index (χ3n) is 3.24. The van der Waals surface area contributed by atoms with Crippen molar-refractivity contribution >= 4 is 17.8 Å². The normalized spacial score (nSPS) is 10.6. The van der Waals surface area contributed by atoms with Crippen LogP contribution in [0.25, 0.3) is 6.08 Å². The predicted octanol–water partition coefficient (Wildman–Crippen LogP) is 3.84. The zero-order valence-corrected chi connectivity index (χ0v) is 14.2. The molecule has 5 nitrogen and oxygen atoms in total. The second kappa shape index (κ2) is 8.72. The van der Waals surface area contributed by atoms with Gasteiger partial charge in [-0.2, -0.15) is 0 Å². The van der Waals surface area contributed by atoms with Gasteiger partial charge in [-0.3, -0.25) is 4.79 Å². The van der Waals surface area contributed by atoms with Crippen LogP contribution < -0.4 is 14.8 Å². The van der Waals surface area contributed by atoms with Crippen LogP contribution in [0.15, 0.2) is 42.6 Å². The Hall–Kier alpha value is -2.82. The van der Waals surface area contributed by atoms with Gasteiger partial charge in [0.15, 0.2) is 11.5 Å². The van der Waals surface area contributed by atoms with Crippen molar-refractivity contribution in [2.75, 3.05) is 19.0 Å². The molecule has 1 N–H and O–H groups in total. The van der Waals surface area contributed by atoms with Gasteiger partial charge in [-0.1, -0.05) is 19.1 Å². The van der Waals surface area contributed by atoms with E-state index in [0.717, 1.165) is 17.5 Å². The number of aryl methyl sites for hydroxylation is 1. The van der Waals surface area contributed by atoms with Gasteiger partial charge in [-0.05, 0) is 48.7 Å². The van der Waals surface area contributed by atoms with Crippen LogP contribution in [0.1, 0.15) is 24.5 Å². The number of methoxy groups -OCH3 is 1. The van der Waals surface area contributed by atoms with Gasteiger partial charge < -0.3 is 14.8 Å². The summed E-state index contributed by atoms with van der Waals surface area (Å²) in [7, 11) is 1.59. The lowest BCUT2D eigenvalue weighted by Gasteiger charge is -2.10. The topological polar surface area (TPSA) is 60.5 Å². The number of pyridine rings is 1. The molecule has 1 aromatic carbocycles. The maximum absolute atomic E-state index is 11.9. The Bertz CT molecular complexity index is 709. The number of carbonyl (C=O) groups is 1. The predicted molar refractivity (Wildman–Crippen MR) is 95.4 cm³/mol. The summed E-state index contributed by atoms with van der Waals surface area (Å²) in [5.74, 6) is 1.63. The molecule has 0 aliphatic rings. The van der Waals surface area contributed by atoms with Crippen LogP contribution in [-0.2, 0) is 4.79 Å². The minimum atomic E-state index is -0.239. The van der Waals surface area contributed by atoms with Gasteiger partial charge in [0.2, 0.25) is 5.91 Å². The highest BCUT2D eigenvalue weighted by atomic mass is 16.5. The van der Waals surface area contributed by atoms with E-state index in [9.17, 15) is 4.79 Å². The minimum absolute atomic E-state index is 0.239. The molecule has 0 spiro atoms. The van der Waals surface area contributed by atoms with Gasteiger partial charge in [-0.25, -0.2) is 4.98 Å². The second-order valence-corrected chi connectivity index (χ2v) is 5.30. The highest BCUT2D eigenvalue weighted by Gasteiger charge is 2.05. The minimum Gasteiger partial charge on any atom is -0.493 e. The molecule has 0 radical (unpaired) electrons. The number of carbonyl (C=O) groups excluding carboxylic acids is 1. The quantitative estimate of drug-likeness (QED) is 0.785. The van der Waals surface area contributed by atoms with Crippen LogP contribution in [0, 0.1) is 6.92 Å². The monoisotopic (exact) mass is 326 g/mol. The fourth-order valence-electron chi connectivity index (χ4n) is 2.00. The Balaban J connectivity index is 2.02. The second-order valence-electron chi connectivity index (χ2n) is 5.30. The third kappa shape index (κ3) is 5.12. The van der Waals surface area contributed by atoms with Gasteiger partial charge in [0, 0.05) is 12.3 Å². The van der Waals surface area contributed by atoms with Crippen molar-refractivity contribution in [2.45, 2.75) is 20.3 Å². The molecular formula is C19H22N2O3. The van der Waals surface area contributed by atoms with Crippen LogP contribution in [0.2, 0.25) is 0 Å². The Kier molecular flexibility index (Phi) is 6.37. The van der Waals surface area contributed by atoms with E-state index in [0.29, 0.717) is 23.9 Å². The van der Waals surface area contributed by atoms with Gasteiger partial charge >= 0.3 is 0 Å². The number of aromatic nitrogens is 1. The van der Waals surface area contributed by atoms with E-state index < -0.39 is 0 Å². The lowest BCUT2D eigenvalue weighted by Crippen LogP contribution is -2.08. The Morgan fingerprint density at radius 3 is 2.75 bits per heavy atom. The summed E-state index contributed by atoms with van der Waals surface area (Å²) in [4.78, 5) is 16.1. The Morgan fingerprint density at radius 1 is 1.25 bits per heavy atom. The van der Waals surface area contributed by atoms with Gasteiger partial charge in [0.25, 0.3) is 0 Å². The molecule has 24 heavy (non-hydrogen) atoms. The van der Waals surface area contributed by atoms with Crippen LogP contribution in [0.4, 0.5) is 5.82 Å². The van der Waals surface area contributed by atoms with Gasteiger partial charge in [0.05, 0.1) is 13.7 Å². The molecule has 2 rings (SSSR count). The summed E-state index contributed by atoms with van der Waals surface area (Å²) in [5.41, 5.74) is 1.89. The molecule has 0 aliphatic carbocycles. The smallest absolute Gasteiger partial charge is 0.249 e. The van der Waals surface area contributed by atoms with E-state index >= 15 is 0 Å². The molecule has 0 saturated heterocycles. The average Bonchev–Trinajstić information content (AvgIpc) is 2.60. The molecule has 1 aromatic heterocycles. The summed E-state index contributed by atoms with van der Waals surface area (Å²) in [5, 5.41) is 2.71. The third-order valence-corrected chi connectivity index (χ3v) is 3.24. The van der Waals surface area contributed by atoms with Crippen LogP contribution in [0.5, 0.6) is 11.5 Å². The number of hydrogen-bond donors (Lipinski definition) is 1. The van der Waals surface area contributed by atoms with Crippen molar-refractivity contribution < 1.29 is 14.3 Å². The first-order valence-electron chi connectivity index (χ1n) is 7.85. The van der Waals surface area contributed by atoms with E-state index in [1.54, 1.807) is 25.4 Å². The number of nitrogens with one attached hydrogen (secondary N) is 1. The lowest BCUT2D eigenvalue weighted by molar-refractivity contribution is -0.111. The molecule has 0 fully saturated rings. The maximum atomic E-state index is 11.9. The summed E-state index contributed by atoms with van der Waals surface area (Å²) < 4.78 is 10.9. The van der Waals surface area contributed by atoms with Crippen LogP contribution >= 0.6 is 0 Å². The number of ether oxygens (including phenoxy) is 2. The van der Waals surface area contributed by atoms with Crippen LogP contribution in [0.3, 0.4) is 0 Å². The number of rotatable bonds is 7. The Morgan fingerprint density at radius 2 is 2.08 bits per heavy atom. The first-order chi connectivity index (χ1) is 11.6. The number of nitrogens with zero attached hydrogens (tertiary/aromatic N) is 1.